The lowest BCUT2D eigenvalue weighted by Gasteiger charge is -2.12. The van der Waals surface area contributed by atoms with E-state index in [4.69, 9.17) is 34.8 Å². The Morgan fingerprint density at radius 1 is 1.03 bits per heavy atom. The summed E-state index contributed by atoms with van der Waals surface area (Å²) < 4.78 is 65.2. The molecule has 0 saturated heterocycles. The van der Waals surface area contributed by atoms with Gasteiger partial charge < -0.3 is 5.32 Å². The number of rotatable bonds is 7. The van der Waals surface area contributed by atoms with E-state index in [1.807, 2.05) is 0 Å². The van der Waals surface area contributed by atoms with E-state index in [2.05, 4.69) is 11.9 Å². The molecule has 1 fully saturated rings. The van der Waals surface area contributed by atoms with E-state index in [1.165, 1.54) is 30.3 Å². The molecule has 38 heavy (non-hydrogen) atoms. The lowest BCUT2D eigenvalue weighted by Crippen LogP contribution is -2.17. The third kappa shape index (κ3) is 5.58. The number of amides is 1. The van der Waals surface area contributed by atoms with Crippen molar-refractivity contribution in [3.8, 4) is 0 Å². The summed E-state index contributed by atoms with van der Waals surface area (Å²) in [4.78, 5) is 25.8. The number of benzene rings is 3. The van der Waals surface area contributed by atoms with Gasteiger partial charge in [0.05, 0.1) is 16.5 Å². The van der Waals surface area contributed by atoms with Gasteiger partial charge in [-0.05, 0) is 47.0 Å². The number of carbonyl (C=O) groups is 2. The molecule has 0 aromatic heterocycles. The molecule has 1 amide bonds. The number of anilines is 1. The molecule has 11 heteroatoms. The summed E-state index contributed by atoms with van der Waals surface area (Å²) >= 11 is 18.8. The van der Waals surface area contributed by atoms with Crippen molar-refractivity contribution in [2.45, 2.75) is 22.8 Å². The zero-order valence-corrected chi connectivity index (χ0v) is 21.5. The highest BCUT2D eigenvalue weighted by molar-refractivity contribution is 6.53. The summed E-state index contributed by atoms with van der Waals surface area (Å²) in [5, 5.41) is 2.63. The molecule has 0 heterocycles. The summed E-state index contributed by atoms with van der Waals surface area (Å²) in [6.07, 6.45) is -3.94. The van der Waals surface area contributed by atoms with E-state index in [9.17, 15) is 31.5 Å². The zero-order chi connectivity index (χ0) is 28.0. The van der Waals surface area contributed by atoms with Crippen molar-refractivity contribution in [3.05, 3.63) is 106 Å². The summed E-state index contributed by atoms with van der Waals surface area (Å²) in [7, 11) is 0. The van der Waals surface area contributed by atoms with Crippen molar-refractivity contribution in [2.24, 2.45) is 5.92 Å². The predicted molar refractivity (Wildman–Crippen MR) is 137 cm³/mol. The molecule has 3 aromatic rings. The first kappa shape index (κ1) is 28.1. The molecule has 1 saturated carbocycles. The number of ketones is 1. The second-order valence-electron chi connectivity index (χ2n) is 8.70. The first-order chi connectivity index (χ1) is 17.7. The molecule has 1 aliphatic rings. The number of Topliss-reactive ketones (excluding diaryl/α,β-unsaturated/α-hetero) is 1. The van der Waals surface area contributed by atoms with Gasteiger partial charge in [-0.2, -0.15) is 13.2 Å². The molecular formula is C27H17Cl3F5NO2. The minimum absolute atomic E-state index is 0.0121. The fraction of sp³-hybridized carbons (Fsp3) is 0.185. The van der Waals surface area contributed by atoms with Crippen LogP contribution in [0.5, 0.6) is 0 Å². The average Bonchev–Trinajstić information content (AvgIpc) is 3.42. The Balaban J connectivity index is 1.53. The third-order valence-electron chi connectivity index (χ3n) is 6.20. The molecule has 0 spiro atoms. The zero-order valence-electron chi connectivity index (χ0n) is 19.2. The standard InChI is InChI=1S/C27H17Cl3F5NO2/c1-2-13-9-15(4-7-19(13)27(33,34)35)23-24(26(23,29)30)25(38)36-17-6-8-20(28)18(12-17)22(37)10-14-3-5-16(31)11-21(14)32/h2-9,11-12,23-24H,1,10H2,(H,36,38). The van der Waals surface area contributed by atoms with E-state index in [0.29, 0.717) is 11.6 Å². The molecular weight excluding hydrogens is 572 g/mol. The van der Waals surface area contributed by atoms with E-state index in [0.717, 1.165) is 24.3 Å². The van der Waals surface area contributed by atoms with E-state index < -0.39 is 57.7 Å². The van der Waals surface area contributed by atoms with Crippen LogP contribution in [0.1, 0.15) is 38.5 Å². The minimum atomic E-state index is -4.59. The van der Waals surface area contributed by atoms with Crippen molar-refractivity contribution in [1.29, 1.82) is 0 Å². The summed E-state index contributed by atoms with van der Waals surface area (Å²) in [5.41, 5.74) is -0.619. The molecule has 4 rings (SSSR count). The predicted octanol–water partition coefficient (Wildman–Crippen LogP) is 8.23. The number of halogens is 8. The molecule has 2 atom stereocenters. The second kappa shape index (κ2) is 10.3. The molecule has 1 aliphatic carbocycles. The van der Waals surface area contributed by atoms with Gasteiger partial charge in [0.25, 0.3) is 0 Å². The highest BCUT2D eigenvalue weighted by Crippen LogP contribution is 2.65. The lowest BCUT2D eigenvalue weighted by atomic mass is 10.00. The third-order valence-corrected chi connectivity index (χ3v) is 7.47. The summed E-state index contributed by atoms with van der Waals surface area (Å²) in [6, 6.07) is 10.2. The molecule has 1 N–H and O–H groups in total. The fourth-order valence-corrected chi connectivity index (χ4v) is 5.29. The van der Waals surface area contributed by atoms with Crippen molar-refractivity contribution in [2.75, 3.05) is 5.32 Å². The van der Waals surface area contributed by atoms with Crippen LogP contribution >= 0.6 is 34.8 Å². The number of carbonyl (C=O) groups excluding carboxylic acids is 2. The van der Waals surface area contributed by atoms with E-state index in [1.54, 1.807) is 0 Å². The second-order valence-corrected chi connectivity index (χ2v) is 10.5. The van der Waals surface area contributed by atoms with Gasteiger partial charge in [-0.25, -0.2) is 8.78 Å². The van der Waals surface area contributed by atoms with Gasteiger partial charge >= 0.3 is 6.18 Å². The molecule has 3 aromatic carbocycles. The minimum Gasteiger partial charge on any atom is -0.326 e. The van der Waals surface area contributed by atoms with Crippen molar-refractivity contribution < 1.29 is 31.5 Å². The maximum atomic E-state index is 14.0. The summed E-state index contributed by atoms with van der Waals surface area (Å²) in [5.74, 6) is -4.70. The van der Waals surface area contributed by atoms with Crippen LogP contribution in [0.25, 0.3) is 6.08 Å². The van der Waals surface area contributed by atoms with Crippen LogP contribution in [0.2, 0.25) is 5.02 Å². The first-order valence-corrected chi connectivity index (χ1v) is 12.2. The van der Waals surface area contributed by atoms with Crippen LogP contribution in [-0.2, 0) is 17.4 Å². The quantitative estimate of drug-likeness (QED) is 0.172. The molecule has 198 valence electrons. The monoisotopic (exact) mass is 587 g/mol. The molecule has 2 unspecified atom stereocenters. The van der Waals surface area contributed by atoms with Crippen molar-refractivity contribution in [1.82, 2.24) is 0 Å². The van der Waals surface area contributed by atoms with Gasteiger partial charge in [0, 0.05) is 29.7 Å². The van der Waals surface area contributed by atoms with Crippen molar-refractivity contribution in [3.63, 3.8) is 0 Å². The van der Waals surface area contributed by atoms with Crippen LogP contribution < -0.4 is 5.32 Å². The number of nitrogens with one attached hydrogen (secondary N) is 1. The Bertz CT molecular complexity index is 1460. The Morgan fingerprint density at radius 3 is 2.37 bits per heavy atom. The maximum Gasteiger partial charge on any atom is 0.416 e. The highest BCUT2D eigenvalue weighted by Gasteiger charge is 2.67. The van der Waals surface area contributed by atoms with Gasteiger partial charge in [-0.1, -0.05) is 42.5 Å². The topological polar surface area (TPSA) is 46.2 Å². The average molecular weight is 589 g/mol. The summed E-state index contributed by atoms with van der Waals surface area (Å²) in [6.45, 7) is 3.42. The fourth-order valence-electron chi connectivity index (χ4n) is 4.24. The molecule has 0 radical (unpaired) electrons. The molecule has 3 nitrogen and oxygen atoms in total. The SMILES string of the molecule is C=Cc1cc(C2C(C(=O)Nc3ccc(Cl)c(C(=O)Cc4ccc(F)cc4F)c3)C2(Cl)Cl)ccc1C(F)(F)F. The van der Waals surface area contributed by atoms with Gasteiger partial charge in [-0.3, -0.25) is 9.59 Å². The van der Waals surface area contributed by atoms with Gasteiger partial charge in [0.2, 0.25) is 5.91 Å². The maximum absolute atomic E-state index is 14.0. The Labute approximate surface area is 229 Å². The number of hydrogen-bond acceptors (Lipinski definition) is 2. The van der Waals surface area contributed by atoms with Gasteiger partial charge in [0.1, 0.15) is 16.0 Å². The largest absolute Gasteiger partial charge is 0.416 e. The first-order valence-electron chi connectivity index (χ1n) is 11.0. The molecule has 0 bridgehead atoms. The Kier molecular flexibility index (Phi) is 7.63. The van der Waals surface area contributed by atoms with E-state index >= 15 is 0 Å². The smallest absolute Gasteiger partial charge is 0.326 e. The normalized spacial score (nSPS) is 18.1. The van der Waals surface area contributed by atoms with Gasteiger partial charge in [-0.15, -0.1) is 23.2 Å². The lowest BCUT2D eigenvalue weighted by molar-refractivity contribution is -0.137. The molecule has 0 aliphatic heterocycles. The van der Waals surface area contributed by atoms with Crippen LogP contribution in [0, 0.1) is 17.6 Å². The van der Waals surface area contributed by atoms with Crippen LogP contribution in [0.3, 0.4) is 0 Å². The Morgan fingerprint density at radius 2 is 1.74 bits per heavy atom. The highest BCUT2D eigenvalue weighted by atomic mass is 35.5. The number of alkyl halides is 5. The van der Waals surface area contributed by atoms with Crippen LogP contribution in [0.15, 0.2) is 61.2 Å². The number of hydrogen-bond donors (Lipinski definition) is 1. The van der Waals surface area contributed by atoms with Crippen LogP contribution in [-0.4, -0.2) is 16.0 Å². The Hall–Kier alpha value is -2.94. The van der Waals surface area contributed by atoms with Gasteiger partial charge in [0.15, 0.2) is 5.78 Å². The van der Waals surface area contributed by atoms with Crippen molar-refractivity contribution >= 4 is 58.3 Å². The van der Waals surface area contributed by atoms with E-state index in [-0.39, 0.29) is 27.4 Å². The van der Waals surface area contributed by atoms with Crippen LogP contribution in [0.4, 0.5) is 27.6 Å².